The van der Waals surface area contributed by atoms with Gasteiger partial charge in [0.1, 0.15) is 52.0 Å². The van der Waals surface area contributed by atoms with Gasteiger partial charge in [-0.2, -0.15) is 27.0 Å². The van der Waals surface area contributed by atoms with Gasteiger partial charge < -0.3 is 57.4 Å². The molecule has 0 aliphatic carbocycles. The van der Waals surface area contributed by atoms with Crippen molar-refractivity contribution in [2.45, 2.75) is 138 Å². The van der Waals surface area contributed by atoms with Crippen molar-refractivity contribution in [1.29, 1.82) is 0 Å². The van der Waals surface area contributed by atoms with Crippen LogP contribution < -0.4 is 5.32 Å². The van der Waals surface area contributed by atoms with E-state index in [2.05, 4.69) is 30.2 Å². The molecule has 4 aromatic rings. The van der Waals surface area contributed by atoms with Crippen LogP contribution in [0.2, 0.25) is 0 Å². The second kappa shape index (κ2) is 35.7. The summed E-state index contributed by atoms with van der Waals surface area (Å²) in [6, 6.07) is 11.8. The fraction of sp³-hybridized carbons (Fsp3) is 0.547. The number of rotatable bonds is 17. The first-order valence-corrected chi connectivity index (χ1v) is 24.8. The Morgan fingerprint density at radius 1 is 0.624 bits per heavy atom. The van der Waals surface area contributed by atoms with E-state index in [0.717, 1.165) is 19.6 Å². The molecule has 32 heteroatoms. The molecule has 0 bridgehead atoms. The maximum Gasteiger partial charge on any atom is 0.414 e. The van der Waals surface area contributed by atoms with Crippen molar-refractivity contribution in [1.82, 2.24) is 29.9 Å². The second-order valence-corrected chi connectivity index (χ2v) is 21.6. The van der Waals surface area contributed by atoms with Gasteiger partial charge in [-0.3, -0.25) is 10.1 Å². The van der Waals surface area contributed by atoms with Crippen molar-refractivity contribution in [3.8, 4) is 22.5 Å². The minimum atomic E-state index is -2.90. The number of carbonyl (C=O) groups is 6. The summed E-state index contributed by atoms with van der Waals surface area (Å²) in [4.78, 5) is 79.1. The van der Waals surface area contributed by atoms with Gasteiger partial charge in [0.25, 0.3) is 18.8 Å². The molecule has 0 saturated heterocycles. The number of alkyl halides is 4. The molecule has 24 nitrogen and oxygen atoms in total. The molecule has 0 fully saturated rings. The molecule has 478 valence electrons. The highest BCUT2D eigenvalue weighted by molar-refractivity contribution is 7.59. The summed E-state index contributed by atoms with van der Waals surface area (Å²) < 4.78 is 114. The number of halogens is 6. The molecule has 0 radical (unpaired) electrons. The van der Waals surface area contributed by atoms with Gasteiger partial charge in [-0.1, -0.05) is 42.0 Å². The van der Waals surface area contributed by atoms with Crippen molar-refractivity contribution >= 4 is 69.2 Å². The second-order valence-electron chi connectivity index (χ2n) is 21.6. The SMILES string of the molecule is C.CN(C(=O)OC(C)(C)C)[C@H](CO)CN(CC(F)F)C(=O)OC(C)(C)C.CN(C(=O)OC(C)(C)C)[C@H](COC(=O)Nc1cc(-c2cccc(F)c2)no1)CN(CC(F)F)C(=O)OC(C)(C)C.S.S.[N-]=[N+]=NC(=O)c1cc(-c2cccc(F)c2)no1. The lowest BCUT2D eigenvalue weighted by Crippen LogP contribution is -2.52. The number of hydrogen-bond donors (Lipinski definition) is 2. The molecule has 2 aromatic heterocycles. The summed E-state index contributed by atoms with van der Waals surface area (Å²) in [5.41, 5.74) is 6.04. The maximum absolute atomic E-state index is 13.5. The number of aromatic nitrogens is 2. The number of carbonyl (C=O) groups excluding carboxylic acids is 6. The Morgan fingerprint density at radius 2 is 1.01 bits per heavy atom. The predicted molar refractivity (Wildman–Crippen MR) is 310 cm³/mol. The summed E-state index contributed by atoms with van der Waals surface area (Å²) in [5, 5.41) is 22.0. The van der Waals surface area contributed by atoms with Gasteiger partial charge in [0, 0.05) is 55.4 Å². The molecule has 0 aliphatic heterocycles. The van der Waals surface area contributed by atoms with Gasteiger partial charge in [-0.05, 0) is 118 Å². The molecule has 4 rings (SSSR count). The molecule has 0 saturated carbocycles. The number of hydrogen-bond acceptors (Lipinski definition) is 16. The lowest BCUT2D eigenvalue weighted by atomic mass is 10.1. The standard InChI is InChI=1S/C26H35F3N4O7.C16H30F2N2O5.C10H5FN4O2.CH4.2H2S/c1-25(2,3)38-23(35)32(7)18(13-33(14-20(28)29)24(36)39-26(4,5)6)15-37-22(34)30-21-12-19(31-40-21)16-9-8-10-17(27)11-16;1-15(2,3)24-13(22)19(7)11(10-21)8-20(9-12(17)18)14(23)25-16(4,5)6;11-7-3-1-2-6(4-7)8-5-9(17-14-8)10(16)13-15-12;;;/h8-12,18,20H,13-15H2,1-7H3,(H,30,34);11-12,21H,8-10H2,1-7H3;1-5H;1H4;2*1H2/t18-;11-;;;;/m00..../s1. The zero-order valence-electron chi connectivity index (χ0n) is 48.9. The van der Waals surface area contributed by atoms with E-state index in [1.54, 1.807) is 95.2 Å². The number of aliphatic hydroxyl groups excluding tert-OH is 1. The van der Waals surface area contributed by atoms with E-state index < -0.39 is 128 Å². The molecule has 0 unspecified atom stereocenters. The fourth-order valence-electron chi connectivity index (χ4n) is 6.17. The molecule has 6 amide bonds. The Bertz CT molecular complexity index is 2800. The van der Waals surface area contributed by atoms with Crippen molar-refractivity contribution in [3.63, 3.8) is 0 Å². The smallest absolute Gasteiger partial charge is 0.414 e. The molecule has 0 spiro atoms. The van der Waals surface area contributed by atoms with Crippen LogP contribution in [0.25, 0.3) is 33.0 Å². The molecule has 0 aliphatic rings. The Kier molecular flexibility index (Phi) is 33.4. The monoisotopic (exact) mass is 1260 g/mol. The van der Waals surface area contributed by atoms with E-state index in [4.69, 9.17) is 33.7 Å². The third-order valence-corrected chi connectivity index (χ3v) is 9.79. The lowest BCUT2D eigenvalue weighted by Gasteiger charge is -2.34. The Morgan fingerprint density at radius 3 is 1.40 bits per heavy atom. The molecule has 2 N–H and O–H groups in total. The lowest BCUT2D eigenvalue weighted by molar-refractivity contribution is -0.00912. The highest BCUT2D eigenvalue weighted by Gasteiger charge is 2.34. The summed E-state index contributed by atoms with van der Waals surface area (Å²) >= 11 is 0. The number of nitrogens with zero attached hydrogens (tertiary/aromatic N) is 9. The Labute approximate surface area is 503 Å². The number of azide groups is 1. The molecule has 2 aromatic carbocycles. The number of amides is 6. The van der Waals surface area contributed by atoms with Crippen LogP contribution in [-0.4, -0.2) is 172 Å². The minimum absolute atomic E-state index is 0. The summed E-state index contributed by atoms with van der Waals surface area (Å²) in [6.07, 6.45) is -10.2. The topological polar surface area (TPSA) is 295 Å². The number of ether oxygens (including phenoxy) is 5. The van der Waals surface area contributed by atoms with E-state index in [-0.39, 0.29) is 58.3 Å². The van der Waals surface area contributed by atoms with E-state index in [0.29, 0.717) is 16.8 Å². The molecule has 2 atom stereocenters. The summed E-state index contributed by atoms with van der Waals surface area (Å²) in [5.74, 6) is -2.09. The average Bonchev–Trinajstić information content (AvgIpc) is 4.20. The number of aliphatic hydroxyl groups is 1. The first kappa shape index (κ1) is 79.5. The number of nitrogens with one attached hydrogen (secondary N) is 1. The van der Waals surface area contributed by atoms with Crippen molar-refractivity contribution in [2.24, 2.45) is 5.11 Å². The average molecular weight is 1260 g/mol. The van der Waals surface area contributed by atoms with Crippen LogP contribution in [0, 0.1) is 11.6 Å². The van der Waals surface area contributed by atoms with E-state index in [9.17, 15) is 60.2 Å². The maximum atomic E-state index is 13.5. The van der Waals surface area contributed by atoms with Crippen LogP contribution in [0.5, 0.6) is 0 Å². The van der Waals surface area contributed by atoms with Crippen LogP contribution in [0.1, 0.15) is 101 Å². The van der Waals surface area contributed by atoms with Crippen LogP contribution in [0.4, 0.5) is 56.2 Å². The minimum Gasteiger partial charge on any atom is -0.447 e. The Balaban J connectivity index is 0. The van der Waals surface area contributed by atoms with Gasteiger partial charge in [0.05, 0.1) is 31.8 Å². The van der Waals surface area contributed by atoms with Gasteiger partial charge >= 0.3 is 30.5 Å². The first-order chi connectivity index (χ1) is 37.8. The Hall–Kier alpha value is -7.57. The largest absolute Gasteiger partial charge is 0.447 e. The van der Waals surface area contributed by atoms with Gasteiger partial charge in [0.15, 0.2) is 0 Å². The van der Waals surface area contributed by atoms with Gasteiger partial charge in [0.2, 0.25) is 11.6 Å². The van der Waals surface area contributed by atoms with Crippen LogP contribution in [-0.2, 0) is 23.7 Å². The van der Waals surface area contributed by atoms with Crippen LogP contribution in [0.3, 0.4) is 0 Å². The van der Waals surface area contributed by atoms with Crippen LogP contribution >= 0.6 is 27.0 Å². The zero-order valence-corrected chi connectivity index (χ0v) is 50.9. The number of likely N-dealkylation sites (N-methyl/N-ethyl adjacent to an activating group) is 2. The van der Waals surface area contributed by atoms with E-state index in [1.807, 2.05) is 0 Å². The first-order valence-electron chi connectivity index (χ1n) is 24.8. The van der Waals surface area contributed by atoms with Gasteiger partial charge in [-0.15, -0.1) is 0 Å². The van der Waals surface area contributed by atoms with Gasteiger partial charge in [-0.25, -0.2) is 50.3 Å². The highest BCUT2D eigenvalue weighted by atomic mass is 32.1. The van der Waals surface area contributed by atoms with E-state index >= 15 is 0 Å². The molecule has 85 heavy (non-hydrogen) atoms. The number of anilines is 1. The number of benzene rings is 2. The normalized spacial score (nSPS) is 11.8. The zero-order chi connectivity index (χ0) is 62.5. The van der Waals surface area contributed by atoms with Crippen molar-refractivity contribution in [3.05, 3.63) is 88.5 Å². The fourth-order valence-corrected chi connectivity index (χ4v) is 6.17. The highest BCUT2D eigenvalue weighted by Crippen LogP contribution is 2.24. The predicted octanol–water partition coefficient (Wildman–Crippen LogP) is 12.3. The van der Waals surface area contributed by atoms with Crippen molar-refractivity contribution < 1.29 is 92.9 Å². The molecular weight excluding hydrogens is 1180 g/mol. The summed E-state index contributed by atoms with van der Waals surface area (Å²) in [7, 11) is 2.68. The van der Waals surface area contributed by atoms with Crippen LogP contribution in [0.15, 0.2) is 74.8 Å². The van der Waals surface area contributed by atoms with Crippen molar-refractivity contribution in [2.75, 3.05) is 58.8 Å². The quantitative estimate of drug-likeness (QED) is 0.0326. The summed E-state index contributed by atoms with van der Waals surface area (Å²) in [6.45, 7) is 15.8. The third kappa shape index (κ3) is 31.2. The molecule has 2 heterocycles. The molecular formula is C53H78F6N10O14S2. The third-order valence-electron chi connectivity index (χ3n) is 9.79. The van der Waals surface area contributed by atoms with E-state index in [1.165, 1.54) is 62.6 Å².